The summed E-state index contributed by atoms with van der Waals surface area (Å²) in [5, 5.41) is 23.9. The van der Waals surface area contributed by atoms with Gasteiger partial charge >= 0.3 is 0 Å². The van der Waals surface area contributed by atoms with E-state index in [2.05, 4.69) is 10.4 Å². The predicted octanol–water partition coefficient (Wildman–Crippen LogP) is -1.10. The molecule has 16 heavy (non-hydrogen) atoms. The first-order chi connectivity index (χ1) is 7.65. The molecule has 0 atom stereocenters. The van der Waals surface area contributed by atoms with Gasteiger partial charge in [0.1, 0.15) is 0 Å². The molecule has 0 saturated carbocycles. The van der Waals surface area contributed by atoms with Crippen molar-refractivity contribution in [3.8, 4) is 0 Å². The predicted molar refractivity (Wildman–Crippen MR) is 58.3 cm³/mol. The van der Waals surface area contributed by atoms with Crippen molar-refractivity contribution in [2.45, 2.75) is 6.04 Å². The molecule has 88 valence electrons. The number of aromatic nitrogens is 2. The molecule has 0 aliphatic heterocycles. The zero-order valence-electron chi connectivity index (χ0n) is 9.00. The Balaban J connectivity index is 2.48. The van der Waals surface area contributed by atoms with Crippen LogP contribution in [0.2, 0.25) is 0 Å². The van der Waals surface area contributed by atoms with Crippen LogP contribution in [0.25, 0.3) is 6.08 Å². The van der Waals surface area contributed by atoms with E-state index in [9.17, 15) is 4.79 Å². The lowest BCUT2D eigenvalue weighted by atomic mass is 10.3. The maximum atomic E-state index is 11.3. The Bertz CT molecular complexity index is 369. The molecule has 1 aromatic rings. The van der Waals surface area contributed by atoms with Gasteiger partial charge in [0.15, 0.2) is 0 Å². The van der Waals surface area contributed by atoms with Gasteiger partial charge in [-0.05, 0) is 6.08 Å². The average molecular weight is 225 g/mol. The highest BCUT2D eigenvalue weighted by molar-refractivity contribution is 5.91. The van der Waals surface area contributed by atoms with E-state index in [4.69, 9.17) is 10.2 Å². The summed E-state index contributed by atoms with van der Waals surface area (Å²) in [6.07, 6.45) is 6.32. The topological polar surface area (TPSA) is 87.4 Å². The number of aliphatic hydroxyl groups is 2. The highest BCUT2D eigenvalue weighted by Gasteiger charge is 2.06. The molecule has 0 fully saturated rings. The highest BCUT2D eigenvalue weighted by Crippen LogP contribution is 1.98. The smallest absolute Gasteiger partial charge is 0.244 e. The van der Waals surface area contributed by atoms with Crippen molar-refractivity contribution >= 4 is 12.0 Å². The van der Waals surface area contributed by atoms with E-state index in [1.807, 2.05) is 0 Å². The summed E-state index contributed by atoms with van der Waals surface area (Å²) in [6.45, 7) is -0.577. The van der Waals surface area contributed by atoms with Gasteiger partial charge in [0.25, 0.3) is 0 Å². The maximum Gasteiger partial charge on any atom is 0.244 e. The van der Waals surface area contributed by atoms with Crippen LogP contribution in [-0.2, 0) is 11.8 Å². The fraction of sp³-hybridized carbons (Fsp3) is 0.400. The van der Waals surface area contributed by atoms with Crippen molar-refractivity contribution in [1.29, 1.82) is 0 Å². The Hall–Kier alpha value is -1.66. The van der Waals surface area contributed by atoms with Gasteiger partial charge in [0.2, 0.25) is 5.91 Å². The van der Waals surface area contributed by atoms with Crippen molar-refractivity contribution in [3.05, 3.63) is 24.0 Å². The number of carbonyl (C=O) groups excluding carboxylic acids is 1. The van der Waals surface area contributed by atoms with Gasteiger partial charge in [-0.25, -0.2) is 0 Å². The van der Waals surface area contributed by atoms with Gasteiger partial charge in [-0.3, -0.25) is 9.48 Å². The summed E-state index contributed by atoms with van der Waals surface area (Å²) in [6, 6.07) is -0.619. The number of hydrogen-bond acceptors (Lipinski definition) is 4. The van der Waals surface area contributed by atoms with E-state index in [-0.39, 0.29) is 19.1 Å². The summed E-state index contributed by atoms with van der Waals surface area (Å²) in [5.74, 6) is -0.364. The second-order valence-corrected chi connectivity index (χ2v) is 3.35. The Morgan fingerprint density at radius 1 is 1.62 bits per heavy atom. The number of aliphatic hydroxyl groups excluding tert-OH is 2. The molecule has 0 saturated heterocycles. The third-order valence-electron chi connectivity index (χ3n) is 1.94. The molecule has 0 unspecified atom stereocenters. The molecule has 1 rings (SSSR count). The minimum Gasteiger partial charge on any atom is -0.394 e. The molecule has 1 aromatic heterocycles. The van der Waals surface area contributed by atoms with E-state index in [0.717, 1.165) is 5.56 Å². The second-order valence-electron chi connectivity index (χ2n) is 3.35. The van der Waals surface area contributed by atoms with Gasteiger partial charge in [-0.2, -0.15) is 5.10 Å². The minimum absolute atomic E-state index is 0.289. The SMILES string of the molecule is Cn1cc(C=CC(=O)NC(CO)CO)cn1. The van der Waals surface area contributed by atoms with Gasteiger partial charge in [-0.15, -0.1) is 0 Å². The molecule has 0 bridgehead atoms. The van der Waals surface area contributed by atoms with Crippen LogP contribution in [0.5, 0.6) is 0 Å². The number of nitrogens with zero attached hydrogens (tertiary/aromatic N) is 2. The molecule has 0 spiro atoms. The number of rotatable bonds is 5. The highest BCUT2D eigenvalue weighted by atomic mass is 16.3. The number of amides is 1. The van der Waals surface area contributed by atoms with Gasteiger partial charge in [0, 0.05) is 24.9 Å². The number of nitrogens with one attached hydrogen (secondary N) is 1. The van der Waals surface area contributed by atoms with E-state index in [1.165, 1.54) is 6.08 Å². The van der Waals surface area contributed by atoms with Crippen LogP contribution >= 0.6 is 0 Å². The third-order valence-corrected chi connectivity index (χ3v) is 1.94. The van der Waals surface area contributed by atoms with Crippen molar-refractivity contribution in [3.63, 3.8) is 0 Å². The van der Waals surface area contributed by atoms with Crippen molar-refractivity contribution in [2.24, 2.45) is 7.05 Å². The summed E-state index contributed by atoms with van der Waals surface area (Å²) < 4.78 is 1.63. The molecule has 0 radical (unpaired) electrons. The zero-order chi connectivity index (χ0) is 12.0. The fourth-order valence-electron chi connectivity index (χ4n) is 1.10. The third kappa shape index (κ3) is 3.84. The van der Waals surface area contributed by atoms with Crippen LogP contribution < -0.4 is 5.32 Å². The largest absolute Gasteiger partial charge is 0.394 e. The quantitative estimate of drug-likeness (QED) is 0.555. The molecule has 1 heterocycles. The molecule has 1 amide bonds. The van der Waals surface area contributed by atoms with Crippen LogP contribution in [0.15, 0.2) is 18.5 Å². The van der Waals surface area contributed by atoms with Crippen molar-refractivity contribution in [1.82, 2.24) is 15.1 Å². The lowest BCUT2D eigenvalue weighted by Gasteiger charge is -2.10. The summed E-state index contributed by atoms with van der Waals surface area (Å²) in [4.78, 5) is 11.3. The molecular weight excluding hydrogens is 210 g/mol. The van der Waals surface area contributed by atoms with Crippen LogP contribution in [0.1, 0.15) is 5.56 Å². The Kier molecular flexibility index (Phi) is 4.68. The number of carbonyl (C=O) groups is 1. The maximum absolute atomic E-state index is 11.3. The van der Waals surface area contributed by atoms with Crippen LogP contribution in [0.3, 0.4) is 0 Å². The zero-order valence-corrected chi connectivity index (χ0v) is 9.00. The molecule has 0 aromatic carbocycles. The Morgan fingerprint density at radius 3 is 2.81 bits per heavy atom. The number of hydrogen-bond donors (Lipinski definition) is 3. The van der Waals surface area contributed by atoms with Crippen LogP contribution in [0, 0.1) is 0 Å². The molecular formula is C10H15N3O3. The molecule has 6 heteroatoms. The fourth-order valence-corrected chi connectivity index (χ4v) is 1.10. The molecule has 0 aliphatic carbocycles. The summed E-state index contributed by atoms with van der Waals surface area (Å²) in [7, 11) is 1.78. The lowest BCUT2D eigenvalue weighted by Crippen LogP contribution is -2.39. The lowest BCUT2D eigenvalue weighted by molar-refractivity contribution is -0.117. The average Bonchev–Trinajstić information content (AvgIpc) is 2.69. The Morgan fingerprint density at radius 2 is 2.31 bits per heavy atom. The number of aryl methyl sites for hydroxylation is 1. The van der Waals surface area contributed by atoms with Crippen LogP contribution in [0.4, 0.5) is 0 Å². The van der Waals surface area contributed by atoms with E-state index in [0.29, 0.717) is 0 Å². The second kappa shape index (κ2) is 6.04. The standard InChI is InChI=1S/C10H15N3O3/c1-13-5-8(4-11-13)2-3-10(16)12-9(6-14)7-15/h2-5,9,14-15H,6-7H2,1H3,(H,12,16). The van der Waals surface area contributed by atoms with Gasteiger partial charge < -0.3 is 15.5 Å². The first kappa shape index (κ1) is 12.4. The summed E-state index contributed by atoms with van der Waals surface area (Å²) in [5.41, 5.74) is 0.808. The monoisotopic (exact) mass is 225 g/mol. The molecule has 0 aliphatic rings. The van der Waals surface area contributed by atoms with Gasteiger partial charge in [0.05, 0.1) is 25.5 Å². The molecule has 6 nitrogen and oxygen atoms in total. The van der Waals surface area contributed by atoms with Crippen molar-refractivity contribution < 1.29 is 15.0 Å². The van der Waals surface area contributed by atoms with E-state index in [1.54, 1.807) is 30.2 Å². The van der Waals surface area contributed by atoms with E-state index < -0.39 is 6.04 Å². The van der Waals surface area contributed by atoms with Crippen molar-refractivity contribution in [2.75, 3.05) is 13.2 Å². The van der Waals surface area contributed by atoms with Gasteiger partial charge in [-0.1, -0.05) is 0 Å². The Labute approximate surface area is 93.2 Å². The molecule has 3 N–H and O–H groups in total. The normalized spacial score (nSPS) is 11.2. The van der Waals surface area contributed by atoms with Crippen LogP contribution in [-0.4, -0.2) is 45.2 Å². The first-order valence-corrected chi connectivity index (χ1v) is 4.84. The summed E-state index contributed by atoms with van der Waals surface area (Å²) >= 11 is 0. The van der Waals surface area contributed by atoms with E-state index >= 15 is 0 Å². The first-order valence-electron chi connectivity index (χ1n) is 4.84. The minimum atomic E-state index is -0.619.